The summed E-state index contributed by atoms with van der Waals surface area (Å²) in [6.45, 7) is 39.3. The maximum atomic E-state index is 11.4. The summed E-state index contributed by atoms with van der Waals surface area (Å²) in [6.07, 6.45) is 3.59. The summed E-state index contributed by atoms with van der Waals surface area (Å²) in [5.74, 6) is 0.545. The van der Waals surface area contributed by atoms with E-state index < -0.39 is 0 Å². The number of phenols is 2. The van der Waals surface area contributed by atoms with Gasteiger partial charge in [-0.15, -0.1) is 52.5 Å². The minimum Gasteiger partial charge on any atom is -0.507 e. The molecule has 101 heavy (non-hydrogen) atoms. The van der Waals surface area contributed by atoms with E-state index in [-0.39, 0.29) is 65.1 Å². The Labute approximate surface area is 620 Å². The minimum atomic E-state index is -0.224. The summed E-state index contributed by atoms with van der Waals surface area (Å²) in [4.78, 5) is 20.5. The van der Waals surface area contributed by atoms with Crippen molar-refractivity contribution in [2.45, 2.75) is 157 Å². The molecule has 0 saturated carbocycles. The van der Waals surface area contributed by atoms with Gasteiger partial charge in [0, 0.05) is 82.7 Å². The zero-order chi connectivity index (χ0) is 72.0. The van der Waals surface area contributed by atoms with Crippen molar-refractivity contribution in [2.24, 2.45) is 9.98 Å². The molecule has 2 heterocycles. The van der Waals surface area contributed by atoms with Crippen LogP contribution < -0.4 is 0 Å². The van der Waals surface area contributed by atoms with Crippen LogP contribution in [0.1, 0.15) is 180 Å². The van der Waals surface area contributed by atoms with E-state index in [0.29, 0.717) is 22.3 Å². The zero-order valence-electron chi connectivity index (χ0n) is 61.3. The smallest absolute Gasteiger partial charge is 0.128 e. The summed E-state index contributed by atoms with van der Waals surface area (Å²) in [7, 11) is 0. The topological polar surface area (TPSA) is 139 Å². The van der Waals surface area contributed by atoms with E-state index in [2.05, 4.69) is 240 Å². The van der Waals surface area contributed by atoms with Crippen molar-refractivity contribution in [3.63, 3.8) is 0 Å². The predicted molar refractivity (Wildman–Crippen MR) is 423 cm³/mol. The van der Waals surface area contributed by atoms with Gasteiger partial charge >= 0.3 is 0 Å². The van der Waals surface area contributed by atoms with Gasteiger partial charge in [0.1, 0.15) is 21.5 Å². The number of thiazole rings is 2. The summed E-state index contributed by atoms with van der Waals surface area (Å²) in [5, 5.41) is 43.0. The van der Waals surface area contributed by atoms with Crippen molar-refractivity contribution in [3.8, 4) is 89.3 Å². The number of hydrogen-bond acceptors (Lipinski definition) is 10. The summed E-state index contributed by atoms with van der Waals surface area (Å²) in [6, 6.07) is 71.7. The van der Waals surface area contributed by atoms with Gasteiger partial charge in [0.25, 0.3) is 0 Å². The number of nitriles is 2. The predicted octanol–water partition coefficient (Wildman–Crippen LogP) is 24.8. The molecule has 2 N–H and O–H groups in total. The largest absolute Gasteiger partial charge is 0.507 e. The molecular weight excluding hydrogens is 1460 g/mol. The molecule has 0 bridgehead atoms. The quantitative estimate of drug-likeness (QED) is 0.103. The number of aromatic nitrogens is 2. The molecule has 12 rings (SSSR count). The Morgan fingerprint density at radius 3 is 1.11 bits per heavy atom. The fourth-order valence-electron chi connectivity index (χ4n) is 12.0. The number of aromatic hydroxyl groups is 2. The number of nitrogens with zero attached hydrogens (tertiary/aromatic N) is 6. The molecule has 0 unspecified atom stereocenters. The van der Waals surface area contributed by atoms with Crippen LogP contribution in [0.3, 0.4) is 0 Å². The second kappa shape index (κ2) is 28.9. The number of fused-ring (bicyclic) bond motifs is 2. The SMILES string of the molecule is CC(C)(C)c1cc(C=Nc2ccccc2-c2nc3c(-c4[c-]cc(-c5ccc(C#N)cc5)cc4)cc(C(C)(C)C)cc3s2)c(O)c(C(C)(C)C)c1.CC(C)(C)c1cc(C=Nc2ccccc2-c2nc3c(-c4ccc(-c5ccc(C#N)cc5)cc4)cc(C(C)(C)C)cc3s2)c(O)c(C(C)(C)C)c1.[Pt]. The first-order chi connectivity index (χ1) is 47.0. The number of benzene rings is 10. The Hall–Kier alpha value is -9.41. The van der Waals surface area contributed by atoms with Crippen molar-refractivity contribution in [3.05, 3.63) is 250 Å². The van der Waals surface area contributed by atoms with Crippen LogP contribution in [-0.2, 0) is 53.6 Å². The molecule has 0 saturated heterocycles. The summed E-state index contributed by atoms with van der Waals surface area (Å²) >= 11 is 3.35. The third-order valence-corrected chi connectivity index (χ3v) is 20.4. The third-order valence-electron chi connectivity index (χ3n) is 18.3. The molecule has 0 aliphatic rings. The van der Waals surface area contributed by atoms with Gasteiger partial charge in [0.05, 0.1) is 44.9 Å². The van der Waals surface area contributed by atoms with E-state index >= 15 is 0 Å². The molecule has 0 atom stereocenters. The molecule has 0 aliphatic carbocycles. The van der Waals surface area contributed by atoms with E-state index in [4.69, 9.17) is 20.0 Å². The number of para-hydroxylation sites is 2. The molecule has 0 fully saturated rings. The molecule has 0 amide bonds. The normalized spacial score (nSPS) is 12.4. The van der Waals surface area contributed by atoms with Gasteiger partial charge in [-0.1, -0.05) is 232 Å². The van der Waals surface area contributed by atoms with Gasteiger partial charge in [-0.3, -0.25) is 9.98 Å². The van der Waals surface area contributed by atoms with Gasteiger partial charge in [-0.2, -0.15) is 10.5 Å². The van der Waals surface area contributed by atoms with Crippen LogP contribution in [0.5, 0.6) is 11.5 Å². The standard InChI is InChI=1S/C45H45N3OS.C45H44N3OS.Pt/c2*1-43(2,3)33-22-32(41(49)37(24-33)45(7,8)9)27-47-38-13-11-10-12-35(38)42-48-40-36(23-34(44(4,5)6)25-39(40)50-42)31-20-18-30(19-21-31)29-16-14-28(26-46)15-17-29;/h10-25,27,49H,1-9H3;10-20,22-25,27,49H,1-9H3;/q;-1;. The van der Waals surface area contributed by atoms with Crippen molar-refractivity contribution in [1.82, 2.24) is 9.97 Å². The molecule has 12 aromatic rings. The number of phenolic OH excluding ortho intramolecular Hbond substituents is 2. The molecule has 0 radical (unpaired) electrons. The minimum absolute atomic E-state index is 0. The molecule has 514 valence electrons. The van der Waals surface area contributed by atoms with E-state index in [0.717, 1.165) is 120 Å². The van der Waals surface area contributed by atoms with E-state index in [1.54, 1.807) is 35.1 Å². The molecule has 8 nitrogen and oxygen atoms in total. The molecular formula is C90H89N6O2PtS2-. The molecule has 0 spiro atoms. The first kappa shape index (κ1) is 74.3. The number of hydrogen-bond donors (Lipinski definition) is 2. The van der Waals surface area contributed by atoms with Crippen LogP contribution >= 0.6 is 22.7 Å². The fraction of sp³-hybridized carbons (Fsp3) is 0.267. The van der Waals surface area contributed by atoms with E-state index in [1.807, 2.05) is 91.0 Å². The van der Waals surface area contributed by atoms with Crippen molar-refractivity contribution >= 4 is 66.9 Å². The average molecular weight is 1550 g/mol. The van der Waals surface area contributed by atoms with Gasteiger partial charge < -0.3 is 10.2 Å². The van der Waals surface area contributed by atoms with Crippen LogP contribution in [0.2, 0.25) is 0 Å². The maximum Gasteiger partial charge on any atom is 0.128 e. The Morgan fingerprint density at radius 1 is 0.386 bits per heavy atom. The van der Waals surface area contributed by atoms with Gasteiger partial charge in [-0.05, 0) is 150 Å². The van der Waals surface area contributed by atoms with Crippen molar-refractivity contribution in [1.29, 1.82) is 10.5 Å². The summed E-state index contributed by atoms with van der Waals surface area (Å²) in [5.41, 5.74) is 22.5. The Balaban J connectivity index is 0.000000216. The first-order valence-electron chi connectivity index (χ1n) is 34.1. The maximum absolute atomic E-state index is 11.4. The average Bonchev–Trinajstić information content (AvgIpc) is 1.68. The first-order valence-corrected chi connectivity index (χ1v) is 35.8. The Morgan fingerprint density at radius 2 is 0.733 bits per heavy atom. The zero-order valence-corrected chi connectivity index (χ0v) is 65.2. The monoisotopic (exact) mass is 1540 g/mol. The Kier molecular flexibility index (Phi) is 21.3. The third kappa shape index (κ3) is 16.7. The van der Waals surface area contributed by atoms with Gasteiger partial charge in [0.2, 0.25) is 0 Å². The van der Waals surface area contributed by atoms with Crippen LogP contribution in [0.4, 0.5) is 11.4 Å². The summed E-state index contributed by atoms with van der Waals surface area (Å²) < 4.78 is 2.24. The number of aliphatic imine (C=N–C) groups is 2. The van der Waals surface area contributed by atoms with Crippen molar-refractivity contribution < 1.29 is 31.3 Å². The molecule has 10 aromatic carbocycles. The number of rotatable bonds is 10. The van der Waals surface area contributed by atoms with Crippen LogP contribution in [0, 0.1) is 28.7 Å². The van der Waals surface area contributed by atoms with E-state index in [1.165, 1.54) is 11.1 Å². The van der Waals surface area contributed by atoms with Crippen molar-refractivity contribution in [2.75, 3.05) is 0 Å². The fourth-order valence-corrected chi connectivity index (χ4v) is 14.1. The molecule has 0 aliphatic heterocycles. The second-order valence-electron chi connectivity index (χ2n) is 32.2. The second-order valence-corrected chi connectivity index (χ2v) is 34.3. The molecule has 2 aromatic heterocycles. The molecule has 11 heteroatoms. The Bertz CT molecular complexity index is 4870. The van der Waals surface area contributed by atoms with E-state index in [9.17, 15) is 20.7 Å². The van der Waals surface area contributed by atoms with Crippen LogP contribution in [-0.4, -0.2) is 32.6 Å². The van der Waals surface area contributed by atoms with Gasteiger partial charge in [-0.25, -0.2) is 9.97 Å². The van der Waals surface area contributed by atoms with Crippen LogP contribution in [0.25, 0.3) is 86.1 Å². The van der Waals surface area contributed by atoms with Crippen LogP contribution in [0.15, 0.2) is 198 Å². The van der Waals surface area contributed by atoms with Gasteiger partial charge in [0.15, 0.2) is 0 Å².